The van der Waals surface area contributed by atoms with Gasteiger partial charge in [-0.1, -0.05) is 0 Å². The summed E-state index contributed by atoms with van der Waals surface area (Å²) < 4.78 is 26.7. The summed E-state index contributed by atoms with van der Waals surface area (Å²) in [6.07, 6.45) is 0.948. The van der Waals surface area contributed by atoms with Gasteiger partial charge in [-0.15, -0.1) is 0 Å². The number of nitrogens with zero attached hydrogens (tertiary/aromatic N) is 1. The minimum Gasteiger partial charge on any atom is -0.495 e. The number of rotatable bonds is 2. The summed E-state index contributed by atoms with van der Waals surface area (Å²) >= 11 is 0. The summed E-state index contributed by atoms with van der Waals surface area (Å²) in [5.74, 6) is 2.62. The van der Waals surface area contributed by atoms with E-state index in [2.05, 4.69) is 5.92 Å². The van der Waals surface area contributed by atoms with Crippen molar-refractivity contribution in [1.29, 1.82) is 0 Å². The SMILES string of the molecule is COc1ccc([N+](=O)[O-])cc1C#CS(C)(=O)=O. The number of methoxy groups -OCH3 is 1. The smallest absolute Gasteiger partial charge is 0.270 e. The van der Waals surface area contributed by atoms with Crippen molar-refractivity contribution < 1.29 is 18.1 Å². The second-order valence-corrected chi connectivity index (χ2v) is 4.89. The number of nitro benzene ring substituents is 1. The van der Waals surface area contributed by atoms with Gasteiger partial charge in [0.05, 0.1) is 23.9 Å². The molecule has 0 radical (unpaired) electrons. The quantitative estimate of drug-likeness (QED) is 0.446. The Labute approximate surface area is 98.3 Å². The molecule has 0 aliphatic heterocycles. The van der Waals surface area contributed by atoms with Gasteiger partial charge >= 0.3 is 0 Å². The maximum atomic E-state index is 10.9. The Morgan fingerprint density at radius 1 is 1.41 bits per heavy atom. The maximum Gasteiger partial charge on any atom is 0.270 e. The van der Waals surface area contributed by atoms with E-state index in [0.717, 1.165) is 12.3 Å². The first-order valence-electron chi connectivity index (χ1n) is 4.38. The van der Waals surface area contributed by atoms with Crippen LogP contribution in [0.2, 0.25) is 0 Å². The number of nitro groups is 1. The lowest BCUT2D eigenvalue weighted by molar-refractivity contribution is -0.384. The number of sulfone groups is 1. The largest absolute Gasteiger partial charge is 0.495 e. The highest BCUT2D eigenvalue weighted by Crippen LogP contribution is 2.22. The fourth-order valence-corrected chi connectivity index (χ4v) is 1.35. The van der Waals surface area contributed by atoms with Crippen molar-refractivity contribution in [2.45, 2.75) is 0 Å². The highest BCUT2D eigenvalue weighted by atomic mass is 32.2. The van der Waals surface area contributed by atoms with Crippen LogP contribution in [-0.4, -0.2) is 26.7 Å². The molecule has 1 rings (SSSR count). The lowest BCUT2D eigenvalue weighted by Gasteiger charge is -2.01. The number of non-ortho nitro benzene ring substituents is 1. The molecule has 0 fully saturated rings. The van der Waals surface area contributed by atoms with E-state index in [9.17, 15) is 18.5 Å². The highest BCUT2D eigenvalue weighted by Gasteiger charge is 2.09. The minimum atomic E-state index is -3.47. The third-order valence-electron chi connectivity index (χ3n) is 1.76. The number of benzene rings is 1. The predicted octanol–water partition coefficient (Wildman–Crippen LogP) is 0.957. The molecule has 1 aromatic carbocycles. The van der Waals surface area contributed by atoms with Crippen LogP contribution in [-0.2, 0) is 9.84 Å². The first kappa shape index (κ1) is 13.0. The van der Waals surface area contributed by atoms with Crippen LogP contribution in [0.4, 0.5) is 5.69 Å². The monoisotopic (exact) mass is 255 g/mol. The zero-order valence-corrected chi connectivity index (χ0v) is 9.95. The summed E-state index contributed by atoms with van der Waals surface area (Å²) in [7, 11) is -2.10. The van der Waals surface area contributed by atoms with Crippen LogP contribution in [0.5, 0.6) is 5.75 Å². The Kier molecular flexibility index (Phi) is 3.70. The lowest BCUT2D eigenvalue weighted by Crippen LogP contribution is -1.94. The summed E-state index contributed by atoms with van der Waals surface area (Å²) in [6, 6.07) is 3.78. The molecule has 17 heavy (non-hydrogen) atoms. The van der Waals surface area contributed by atoms with Gasteiger partial charge in [0.25, 0.3) is 5.69 Å². The van der Waals surface area contributed by atoms with E-state index < -0.39 is 14.8 Å². The van der Waals surface area contributed by atoms with Crippen LogP contribution in [0.3, 0.4) is 0 Å². The van der Waals surface area contributed by atoms with Gasteiger partial charge in [0.1, 0.15) is 5.75 Å². The number of hydrogen-bond donors (Lipinski definition) is 0. The summed E-state index contributed by atoms with van der Waals surface area (Å²) in [5.41, 5.74) is -0.0178. The van der Waals surface area contributed by atoms with Gasteiger partial charge in [-0.25, -0.2) is 8.42 Å². The van der Waals surface area contributed by atoms with E-state index in [1.54, 1.807) is 0 Å². The van der Waals surface area contributed by atoms with Crippen LogP contribution < -0.4 is 4.74 Å². The summed E-state index contributed by atoms with van der Waals surface area (Å²) in [6.45, 7) is 0. The third kappa shape index (κ3) is 3.77. The molecule has 0 aliphatic carbocycles. The van der Waals surface area contributed by atoms with Crippen LogP contribution >= 0.6 is 0 Å². The van der Waals surface area contributed by atoms with E-state index in [1.807, 2.05) is 5.25 Å². The van der Waals surface area contributed by atoms with Crippen molar-refractivity contribution in [2.75, 3.05) is 13.4 Å². The molecule has 0 aromatic heterocycles. The average molecular weight is 255 g/mol. The van der Waals surface area contributed by atoms with Gasteiger partial charge in [-0.05, 0) is 12.0 Å². The Bertz CT molecular complexity index is 609. The minimum absolute atomic E-state index is 0.159. The molecule has 6 nitrogen and oxygen atoms in total. The molecule has 0 spiro atoms. The summed E-state index contributed by atoms with van der Waals surface area (Å²) in [5, 5.41) is 12.6. The predicted molar refractivity (Wildman–Crippen MR) is 61.4 cm³/mol. The van der Waals surface area contributed by atoms with Gasteiger partial charge in [-0.2, -0.15) is 0 Å². The van der Waals surface area contributed by atoms with Gasteiger partial charge in [-0.3, -0.25) is 10.1 Å². The molecule has 90 valence electrons. The molecule has 0 amide bonds. The van der Waals surface area contributed by atoms with E-state index in [1.165, 1.54) is 19.2 Å². The summed E-state index contributed by atoms with van der Waals surface area (Å²) in [4.78, 5) is 9.96. The molecule has 0 bridgehead atoms. The molecular weight excluding hydrogens is 246 g/mol. The van der Waals surface area contributed by atoms with Crippen molar-refractivity contribution in [3.63, 3.8) is 0 Å². The van der Waals surface area contributed by atoms with Gasteiger partial charge < -0.3 is 4.74 Å². The van der Waals surface area contributed by atoms with Crippen molar-refractivity contribution in [1.82, 2.24) is 0 Å². The maximum absolute atomic E-state index is 10.9. The molecule has 0 saturated carbocycles. The average Bonchev–Trinajstić information content (AvgIpc) is 2.24. The fourth-order valence-electron chi connectivity index (χ4n) is 1.05. The molecule has 0 unspecified atom stereocenters. The molecule has 0 N–H and O–H groups in total. The second kappa shape index (κ2) is 4.84. The van der Waals surface area contributed by atoms with Crippen LogP contribution in [0.1, 0.15) is 5.56 Å². The Balaban J connectivity index is 3.32. The van der Waals surface area contributed by atoms with Crippen molar-refractivity contribution in [3.05, 3.63) is 33.9 Å². The topological polar surface area (TPSA) is 86.5 Å². The Hall–Kier alpha value is -2.07. The normalized spacial score (nSPS) is 10.2. The van der Waals surface area contributed by atoms with E-state index >= 15 is 0 Å². The Morgan fingerprint density at radius 2 is 2.06 bits per heavy atom. The second-order valence-electron chi connectivity index (χ2n) is 3.14. The first-order valence-corrected chi connectivity index (χ1v) is 6.28. The molecule has 0 heterocycles. The van der Waals surface area contributed by atoms with Gasteiger partial charge in [0, 0.05) is 17.4 Å². The molecule has 7 heteroatoms. The number of ether oxygens (including phenoxy) is 1. The molecule has 1 aromatic rings. The fraction of sp³-hybridized carbons (Fsp3) is 0.200. The van der Waals surface area contributed by atoms with Crippen molar-refractivity contribution >= 4 is 15.5 Å². The zero-order chi connectivity index (χ0) is 13.1. The highest BCUT2D eigenvalue weighted by molar-refractivity contribution is 7.95. The van der Waals surface area contributed by atoms with Crippen molar-refractivity contribution in [3.8, 4) is 16.9 Å². The molecular formula is C10H9NO5S. The van der Waals surface area contributed by atoms with Crippen LogP contribution in [0.15, 0.2) is 18.2 Å². The van der Waals surface area contributed by atoms with Crippen LogP contribution in [0, 0.1) is 21.3 Å². The third-order valence-corrected chi connectivity index (χ3v) is 2.24. The van der Waals surface area contributed by atoms with Crippen LogP contribution in [0.25, 0.3) is 0 Å². The molecule has 0 saturated heterocycles. The standard InChI is InChI=1S/C10H9NO5S/c1-16-10-4-3-9(11(12)13)7-8(10)5-6-17(2,14)15/h3-4,7H,1-2H3. The van der Waals surface area contributed by atoms with Crippen molar-refractivity contribution in [2.24, 2.45) is 0 Å². The number of hydrogen-bond acceptors (Lipinski definition) is 5. The molecule has 0 aliphatic rings. The van der Waals surface area contributed by atoms with Gasteiger partial charge in [0.15, 0.2) is 0 Å². The van der Waals surface area contributed by atoms with Gasteiger partial charge in [0.2, 0.25) is 9.84 Å². The van der Waals surface area contributed by atoms with E-state index in [4.69, 9.17) is 4.74 Å². The lowest BCUT2D eigenvalue weighted by atomic mass is 10.2. The Morgan fingerprint density at radius 3 is 2.53 bits per heavy atom. The zero-order valence-electron chi connectivity index (χ0n) is 9.13. The first-order chi connectivity index (χ1) is 7.83. The molecule has 0 atom stereocenters. The van der Waals surface area contributed by atoms with E-state index in [0.29, 0.717) is 0 Å². The van der Waals surface area contributed by atoms with E-state index in [-0.39, 0.29) is 17.0 Å².